The van der Waals surface area contributed by atoms with E-state index in [1.54, 1.807) is 0 Å². The van der Waals surface area contributed by atoms with Crippen molar-refractivity contribution in [1.82, 2.24) is 0 Å². The van der Waals surface area contributed by atoms with Crippen molar-refractivity contribution in [3.8, 4) is 0 Å². The highest BCUT2D eigenvalue weighted by Gasteiger charge is 1.90. The van der Waals surface area contributed by atoms with E-state index in [1.807, 2.05) is 0 Å². The Morgan fingerprint density at radius 3 is 2.13 bits per heavy atom. The fourth-order valence-electron chi connectivity index (χ4n) is 1.40. The standard InChI is InChI=1S/C12H18.BH3O2/c1-2-3-4-6-9-12-10-7-5-8-11-12;2-1-3/h5,7-8,10-11H,2-4,6,9H2,1H3;1-3H. The summed E-state index contributed by atoms with van der Waals surface area (Å²) >= 11 is 0. The fourth-order valence-corrected chi connectivity index (χ4v) is 1.40. The zero-order valence-electron chi connectivity index (χ0n) is 9.52. The zero-order valence-corrected chi connectivity index (χ0v) is 9.52. The van der Waals surface area contributed by atoms with Crippen LogP contribution in [-0.4, -0.2) is 17.7 Å². The van der Waals surface area contributed by atoms with E-state index in [2.05, 4.69) is 37.3 Å². The lowest BCUT2D eigenvalue weighted by atomic mass is 10.1. The lowest BCUT2D eigenvalue weighted by Gasteiger charge is -1.99. The zero-order chi connectivity index (χ0) is 11.4. The molecule has 1 rings (SSSR count). The van der Waals surface area contributed by atoms with E-state index in [4.69, 9.17) is 10.0 Å². The van der Waals surface area contributed by atoms with Crippen molar-refractivity contribution in [2.75, 3.05) is 0 Å². The van der Waals surface area contributed by atoms with Crippen molar-refractivity contribution in [3.63, 3.8) is 0 Å². The molecule has 0 fully saturated rings. The Morgan fingerprint density at radius 1 is 1.00 bits per heavy atom. The Labute approximate surface area is 93.3 Å². The Bertz CT molecular complexity index is 214. The minimum Gasteiger partial charge on any atom is -0.430 e. The molecule has 0 aliphatic rings. The van der Waals surface area contributed by atoms with Crippen LogP contribution in [0.1, 0.15) is 38.2 Å². The van der Waals surface area contributed by atoms with Crippen LogP contribution in [0.2, 0.25) is 0 Å². The molecule has 15 heavy (non-hydrogen) atoms. The third kappa shape index (κ3) is 9.51. The molecule has 2 N–H and O–H groups in total. The number of rotatable bonds is 5. The van der Waals surface area contributed by atoms with Gasteiger partial charge in [-0.05, 0) is 18.4 Å². The Morgan fingerprint density at radius 2 is 1.60 bits per heavy atom. The molecule has 0 atom stereocenters. The molecule has 0 aliphatic carbocycles. The molecule has 3 heteroatoms. The highest BCUT2D eigenvalue weighted by molar-refractivity contribution is 6.13. The second-order valence-corrected chi connectivity index (χ2v) is 3.44. The summed E-state index contributed by atoms with van der Waals surface area (Å²) in [6.07, 6.45) is 6.69. The SMILES string of the molecule is CCCCCCc1ccccc1.OBO. The second-order valence-electron chi connectivity index (χ2n) is 3.44. The summed E-state index contributed by atoms with van der Waals surface area (Å²) in [4.78, 5) is 0. The van der Waals surface area contributed by atoms with Crippen molar-refractivity contribution < 1.29 is 10.0 Å². The van der Waals surface area contributed by atoms with Crippen LogP contribution in [0.15, 0.2) is 30.3 Å². The average Bonchev–Trinajstić information content (AvgIpc) is 2.27. The molecular formula is C12H21BO2. The lowest BCUT2D eigenvalue weighted by molar-refractivity contribution is 0.448. The van der Waals surface area contributed by atoms with E-state index >= 15 is 0 Å². The molecule has 0 unspecified atom stereocenters. The van der Waals surface area contributed by atoms with Crippen molar-refractivity contribution in [2.45, 2.75) is 39.0 Å². The van der Waals surface area contributed by atoms with Gasteiger partial charge >= 0.3 is 7.69 Å². The molecular weight excluding hydrogens is 187 g/mol. The van der Waals surface area contributed by atoms with Crippen LogP contribution in [0.4, 0.5) is 0 Å². The molecule has 84 valence electrons. The van der Waals surface area contributed by atoms with E-state index in [0.29, 0.717) is 0 Å². The maximum absolute atomic E-state index is 7.12. The van der Waals surface area contributed by atoms with Crippen molar-refractivity contribution in [3.05, 3.63) is 35.9 Å². The maximum Gasteiger partial charge on any atom is 0.432 e. The molecule has 2 nitrogen and oxygen atoms in total. The fraction of sp³-hybridized carbons (Fsp3) is 0.500. The Balaban J connectivity index is 0.000000583. The molecule has 0 saturated heterocycles. The van der Waals surface area contributed by atoms with Gasteiger partial charge in [-0.2, -0.15) is 0 Å². The van der Waals surface area contributed by atoms with Crippen LogP contribution in [-0.2, 0) is 6.42 Å². The number of hydrogen-bond donors (Lipinski definition) is 2. The largest absolute Gasteiger partial charge is 0.432 e. The minimum atomic E-state index is -0.750. The molecule has 1 aromatic rings. The third-order valence-electron chi connectivity index (χ3n) is 2.16. The second kappa shape index (κ2) is 11.3. The van der Waals surface area contributed by atoms with E-state index in [-0.39, 0.29) is 0 Å². The Kier molecular flexibility index (Phi) is 10.7. The topological polar surface area (TPSA) is 40.5 Å². The molecule has 0 aromatic heterocycles. The highest BCUT2D eigenvalue weighted by atomic mass is 16.4. The van der Waals surface area contributed by atoms with Crippen LogP contribution in [0.25, 0.3) is 0 Å². The maximum atomic E-state index is 7.12. The van der Waals surface area contributed by atoms with Gasteiger partial charge in [0, 0.05) is 0 Å². The predicted molar refractivity (Wildman–Crippen MR) is 65.9 cm³/mol. The first-order valence-corrected chi connectivity index (χ1v) is 5.60. The molecule has 0 amide bonds. The third-order valence-corrected chi connectivity index (χ3v) is 2.16. The van der Waals surface area contributed by atoms with Crippen molar-refractivity contribution in [1.29, 1.82) is 0 Å². The molecule has 0 bridgehead atoms. The van der Waals surface area contributed by atoms with Crippen molar-refractivity contribution in [2.24, 2.45) is 0 Å². The summed E-state index contributed by atoms with van der Waals surface area (Å²) in [7, 11) is -0.750. The van der Waals surface area contributed by atoms with E-state index in [1.165, 1.54) is 37.7 Å². The molecule has 0 radical (unpaired) electrons. The number of benzene rings is 1. The number of hydrogen-bond acceptors (Lipinski definition) is 2. The Hall–Kier alpha value is -0.795. The highest BCUT2D eigenvalue weighted by Crippen LogP contribution is 2.06. The van der Waals surface area contributed by atoms with Gasteiger partial charge in [0.2, 0.25) is 0 Å². The van der Waals surface area contributed by atoms with Gasteiger partial charge in [-0.15, -0.1) is 0 Å². The van der Waals surface area contributed by atoms with Crippen molar-refractivity contribution >= 4 is 7.69 Å². The molecule has 0 heterocycles. The monoisotopic (exact) mass is 208 g/mol. The number of unbranched alkanes of at least 4 members (excludes halogenated alkanes) is 3. The van der Waals surface area contributed by atoms with Crippen LogP contribution >= 0.6 is 0 Å². The van der Waals surface area contributed by atoms with Crippen LogP contribution < -0.4 is 0 Å². The minimum absolute atomic E-state index is 0.750. The normalized spacial score (nSPS) is 9.00. The molecule has 0 saturated carbocycles. The summed E-state index contributed by atoms with van der Waals surface area (Å²) in [5.41, 5.74) is 1.48. The lowest BCUT2D eigenvalue weighted by Crippen LogP contribution is -1.84. The van der Waals surface area contributed by atoms with E-state index < -0.39 is 7.69 Å². The summed E-state index contributed by atoms with van der Waals surface area (Å²) in [6.45, 7) is 2.25. The number of aryl methyl sites for hydroxylation is 1. The molecule has 1 aromatic carbocycles. The average molecular weight is 208 g/mol. The summed E-state index contributed by atoms with van der Waals surface area (Å²) in [6, 6.07) is 10.7. The van der Waals surface area contributed by atoms with Crippen LogP contribution in [0.5, 0.6) is 0 Å². The van der Waals surface area contributed by atoms with Gasteiger partial charge in [-0.1, -0.05) is 56.5 Å². The van der Waals surface area contributed by atoms with Gasteiger partial charge in [0.25, 0.3) is 0 Å². The molecule has 0 aliphatic heterocycles. The summed E-state index contributed by atoms with van der Waals surface area (Å²) in [5, 5.41) is 14.2. The summed E-state index contributed by atoms with van der Waals surface area (Å²) < 4.78 is 0. The first-order valence-electron chi connectivity index (χ1n) is 5.60. The van der Waals surface area contributed by atoms with Gasteiger partial charge in [-0.25, -0.2) is 0 Å². The van der Waals surface area contributed by atoms with E-state index in [9.17, 15) is 0 Å². The first kappa shape index (κ1) is 14.2. The first-order chi connectivity index (χ1) is 7.35. The summed E-state index contributed by atoms with van der Waals surface area (Å²) in [5.74, 6) is 0. The molecule has 0 spiro atoms. The van der Waals surface area contributed by atoms with Gasteiger partial charge in [0.05, 0.1) is 0 Å². The van der Waals surface area contributed by atoms with Gasteiger partial charge in [0.1, 0.15) is 0 Å². The predicted octanol–water partition coefficient (Wildman–Crippen LogP) is 2.05. The van der Waals surface area contributed by atoms with Gasteiger partial charge in [0.15, 0.2) is 0 Å². The van der Waals surface area contributed by atoms with Crippen LogP contribution in [0, 0.1) is 0 Å². The quantitative estimate of drug-likeness (QED) is 0.574. The van der Waals surface area contributed by atoms with Gasteiger partial charge in [-0.3, -0.25) is 0 Å². The van der Waals surface area contributed by atoms with E-state index in [0.717, 1.165) is 0 Å². The van der Waals surface area contributed by atoms with Gasteiger partial charge < -0.3 is 10.0 Å². The smallest absolute Gasteiger partial charge is 0.430 e. The van der Waals surface area contributed by atoms with Crippen LogP contribution in [0.3, 0.4) is 0 Å².